The van der Waals surface area contributed by atoms with Crippen molar-refractivity contribution in [2.24, 2.45) is 0 Å². The first-order valence-electron chi connectivity index (χ1n) is 6.84. The van der Waals surface area contributed by atoms with Gasteiger partial charge in [-0.05, 0) is 50.5 Å². The van der Waals surface area contributed by atoms with Crippen molar-refractivity contribution in [3.63, 3.8) is 0 Å². The lowest BCUT2D eigenvalue weighted by molar-refractivity contribution is 0.204. The monoisotopic (exact) mass is 248 g/mol. The third-order valence-corrected chi connectivity index (χ3v) is 3.52. The highest BCUT2D eigenvalue weighted by atomic mass is 16.5. The lowest BCUT2D eigenvalue weighted by Crippen LogP contribution is -2.34. The number of anilines is 2. The molecule has 1 heterocycles. The third-order valence-electron chi connectivity index (χ3n) is 3.52. The predicted molar refractivity (Wildman–Crippen MR) is 77.6 cm³/mol. The van der Waals surface area contributed by atoms with E-state index in [-0.39, 0.29) is 0 Å². The number of hydrogen-bond donors (Lipinski definition) is 1. The molecule has 0 aliphatic carbocycles. The van der Waals surface area contributed by atoms with Crippen molar-refractivity contribution in [2.45, 2.75) is 32.7 Å². The maximum atomic E-state index is 5.20. The van der Waals surface area contributed by atoms with Gasteiger partial charge in [-0.1, -0.05) is 0 Å². The Morgan fingerprint density at radius 1 is 1.39 bits per heavy atom. The smallest absolute Gasteiger partial charge is 0.0637 e. The van der Waals surface area contributed by atoms with Gasteiger partial charge in [-0.3, -0.25) is 0 Å². The molecule has 18 heavy (non-hydrogen) atoms. The Hall–Kier alpha value is -1.22. The van der Waals surface area contributed by atoms with Crippen molar-refractivity contribution < 1.29 is 4.74 Å². The van der Waals surface area contributed by atoms with Crippen LogP contribution in [0.1, 0.15) is 25.8 Å². The fraction of sp³-hybridized carbons (Fsp3) is 0.600. The fourth-order valence-electron chi connectivity index (χ4n) is 2.52. The number of nitrogens with zero attached hydrogens (tertiary/aromatic N) is 1. The molecule has 3 heteroatoms. The van der Waals surface area contributed by atoms with E-state index in [1.807, 2.05) is 0 Å². The van der Waals surface area contributed by atoms with Gasteiger partial charge in [0.1, 0.15) is 0 Å². The zero-order valence-corrected chi connectivity index (χ0v) is 11.7. The summed E-state index contributed by atoms with van der Waals surface area (Å²) < 4.78 is 5.20. The van der Waals surface area contributed by atoms with Crippen molar-refractivity contribution in [1.29, 1.82) is 0 Å². The van der Waals surface area contributed by atoms with Gasteiger partial charge in [0.15, 0.2) is 0 Å². The quantitative estimate of drug-likeness (QED) is 0.867. The molecule has 0 bridgehead atoms. The number of fused-ring (bicyclic) bond motifs is 1. The summed E-state index contributed by atoms with van der Waals surface area (Å²) in [5.41, 5.74) is 4.06. The maximum Gasteiger partial charge on any atom is 0.0637 e. The highest BCUT2D eigenvalue weighted by molar-refractivity contribution is 5.62. The van der Waals surface area contributed by atoms with Gasteiger partial charge in [-0.15, -0.1) is 0 Å². The normalized spacial score (nSPS) is 14.2. The Labute approximate surface area is 110 Å². The van der Waals surface area contributed by atoms with Crippen LogP contribution >= 0.6 is 0 Å². The zero-order chi connectivity index (χ0) is 13.0. The molecule has 0 unspecified atom stereocenters. The highest BCUT2D eigenvalue weighted by Crippen LogP contribution is 2.27. The van der Waals surface area contributed by atoms with Crippen molar-refractivity contribution in [3.05, 3.63) is 23.8 Å². The van der Waals surface area contributed by atoms with Crippen LogP contribution in [0.3, 0.4) is 0 Å². The van der Waals surface area contributed by atoms with E-state index in [1.165, 1.54) is 29.8 Å². The lowest BCUT2D eigenvalue weighted by atomic mass is 10.0. The van der Waals surface area contributed by atoms with E-state index < -0.39 is 0 Å². The minimum atomic E-state index is 0.495. The second-order valence-corrected chi connectivity index (χ2v) is 5.15. The Balaban J connectivity index is 2.19. The van der Waals surface area contributed by atoms with Gasteiger partial charge in [-0.25, -0.2) is 0 Å². The molecule has 1 aliphatic heterocycles. The van der Waals surface area contributed by atoms with E-state index in [9.17, 15) is 0 Å². The van der Waals surface area contributed by atoms with Gasteiger partial charge in [-0.2, -0.15) is 0 Å². The van der Waals surface area contributed by atoms with Crippen LogP contribution < -0.4 is 10.2 Å². The van der Waals surface area contributed by atoms with Crippen LogP contribution in [0.2, 0.25) is 0 Å². The molecule has 0 saturated heterocycles. The Morgan fingerprint density at radius 3 is 2.94 bits per heavy atom. The van der Waals surface area contributed by atoms with Crippen LogP contribution in [0.25, 0.3) is 0 Å². The Bertz CT molecular complexity index is 390. The summed E-state index contributed by atoms with van der Waals surface area (Å²) in [7, 11) is 1.76. The standard InChI is InChI=1S/C15H24N2O/c1-12(2)17(9-10-18-3)14-6-7-15-13(11-14)5-4-8-16-15/h6-7,11-12,16H,4-5,8-10H2,1-3H3. The Kier molecular flexibility index (Phi) is 4.48. The molecule has 0 spiro atoms. The zero-order valence-electron chi connectivity index (χ0n) is 11.7. The topological polar surface area (TPSA) is 24.5 Å². The summed E-state index contributed by atoms with van der Waals surface area (Å²) in [5.74, 6) is 0. The molecule has 0 saturated carbocycles. The van der Waals surface area contributed by atoms with Crippen LogP contribution in [-0.2, 0) is 11.2 Å². The summed E-state index contributed by atoms with van der Waals surface area (Å²) in [6.45, 7) is 7.28. The number of aryl methyl sites for hydroxylation is 1. The van der Waals surface area contributed by atoms with Crippen molar-refractivity contribution in [2.75, 3.05) is 37.0 Å². The Morgan fingerprint density at radius 2 is 2.22 bits per heavy atom. The van der Waals surface area contributed by atoms with Crippen LogP contribution in [0.15, 0.2) is 18.2 Å². The van der Waals surface area contributed by atoms with Crippen LogP contribution in [0.5, 0.6) is 0 Å². The van der Waals surface area contributed by atoms with Gasteiger partial charge in [0.05, 0.1) is 6.61 Å². The molecular formula is C15H24N2O. The summed E-state index contributed by atoms with van der Waals surface area (Å²) in [6, 6.07) is 7.26. The average Bonchev–Trinajstić information content (AvgIpc) is 2.38. The number of hydrogen-bond acceptors (Lipinski definition) is 3. The van der Waals surface area contributed by atoms with Gasteiger partial charge >= 0.3 is 0 Å². The number of methoxy groups -OCH3 is 1. The minimum Gasteiger partial charge on any atom is -0.385 e. The summed E-state index contributed by atoms with van der Waals surface area (Å²) in [5, 5.41) is 3.46. The second kappa shape index (κ2) is 6.10. The molecule has 1 aromatic rings. The van der Waals surface area contributed by atoms with E-state index in [2.05, 4.69) is 42.3 Å². The summed E-state index contributed by atoms with van der Waals surface area (Å²) in [6.07, 6.45) is 2.42. The number of nitrogens with one attached hydrogen (secondary N) is 1. The first-order valence-corrected chi connectivity index (χ1v) is 6.84. The van der Waals surface area contributed by atoms with Gasteiger partial charge < -0.3 is 15.0 Å². The summed E-state index contributed by atoms with van der Waals surface area (Å²) >= 11 is 0. The number of rotatable bonds is 5. The molecule has 0 fully saturated rings. The molecule has 100 valence electrons. The lowest BCUT2D eigenvalue weighted by Gasteiger charge is -2.30. The molecule has 0 atom stereocenters. The SMILES string of the molecule is COCCN(c1ccc2c(c1)CCCN2)C(C)C. The molecule has 1 aromatic carbocycles. The third kappa shape index (κ3) is 2.96. The average molecular weight is 248 g/mol. The summed E-state index contributed by atoms with van der Waals surface area (Å²) in [4.78, 5) is 2.40. The predicted octanol–water partition coefficient (Wildman–Crippen LogP) is 2.91. The first kappa shape index (κ1) is 13.2. The van der Waals surface area contributed by atoms with E-state index in [0.29, 0.717) is 6.04 Å². The van der Waals surface area contributed by atoms with Crippen molar-refractivity contribution >= 4 is 11.4 Å². The number of benzene rings is 1. The molecule has 0 aromatic heterocycles. The second-order valence-electron chi connectivity index (χ2n) is 5.15. The van der Waals surface area contributed by atoms with Gasteiger partial charge in [0.2, 0.25) is 0 Å². The van der Waals surface area contributed by atoms with Gasteiger partial charge in [0, 0.05) is 37.6 Å². The highest BCUT2D eigenvalue weighted by Gasteiger charge is 2.14. The van der Waals surface area contributed by atoms with Gasteiger partial charge in [0.25, 0.3) is 0 Å². The molecule has 1 aliphatic rings. The van der Waals surface area contributed by atoms with E-state index in [4.69, 9.17) is 4.74 Å². The van der Waals surface area contributed by atoms with Crippen molar-refractivity contribution in [1.82, 2.24) is 0 Å². The maximum absolute atomic E-state index is 5.20. The van der Waals surface area contributed by atoms with Crippen LogP contribution in [-0.4, -0.2) is 32.8 Å². The first-order chi connectivity index (χ1) is 8.72. The molecule has 1 N–H and O–H groups in total. The minimum absolute atomic E-state index is 0.495. The van der Waals surface area contributed by atoms with E-state index >= 15 is 0 Å². The largest absolute Gasteiger partial charge is 0.385 e. The van der Waals surface area contributed by atoms with E-state index in [0.717, 1.165) is 19.7 Å². The van der Waals surface area contributed by atoms with E-state index in [1.54, 1.807) is 7.11 Å². The van der Waals surface area contributed by atoms with Crippen LogP contribution in [0.4, 0.5) is 11.4 Å². The molecular weight excluding hydrogens is 224 g/mol. The fourth-order valence-corrected chi connectivity index (χ4v) is 2.52. The number of ether oxygens (including phenoxy) is 1. The molecule has 0 amide bonds. The molecule has 0 radical (unpaired) electrons. The van der Waals surface area contributed by atoms with Crippen molar-refractivity contribution in [3.8, 4) is 0 Å². The van der Waals surface area contributed by atoms with Crippen LogP contribution in [0, 0.1) is 0 Å². The molecule has 2 rings (SSSR count). The molecule has 3 nitrogen and oxygen atoms in total.